The number of nitrogens with zero attached hydrogens (tertiary/aromatic N) is 2. The normalized spacial score (nSPS) is 16.9. The minimum Gasteiger partial charge on any atom is -0.492 e. The molecular weight excluding hydrogens is 434 g/mol. The van der Waals surface area contributed by atoms with Gasteiger partial charge in [0.15, 0.2) is 0 Å². The van der Waals surface area contributed by atoms with Crippen molar-refractivity contribution in [3.63, 3.8) is 0 Å². The van der Waals surface area contributed by atoms with Gasteiger partial charge in [-0.2, -0.15) is 5.06 Å². The number of nitrogens with one attached hydrogen (secondary N) is 1. The SMILES string of the molecule is C[NH+](O)Cc1cccc(OCCN2CCN([C@H](c3ccccc3)c3ccc(Cl)cc3)CC2)c1. The fraction of sp³-hybridized carbons (Fsp3) is 0.333. The molecule has 1 aliphatic rings. The van der Waals surface area contributed by atoms with E-state index >= 15 is 0 Å². The van der Waals surface area contributed by atoms with Crippen molar-refractivity contribution in [2.45, 2.75) is 12.6 Å². The van der Waals surface area contributed by atoms with Crippen molar-refractivity contribution in [3.8, 4) is 5.75 Å². The van der Waals surface area contributed by atoms with Gasteiger partial charge in [0.1, 0.15) is 18.9 Å². The van der Waals surface area contributed by atoms with E-state index in [1.807, 2.05) is 36.4 Å². The summed E-state index contributed by atoms with van der Waals surface area (Å²) in [6.45, 7) is 6.16. The van der Waals surface area contributed by atoms with Gasteiger partial charge in [0.2, 0.25) is 0 Å². The molecule has 1 heterocycles. The molecule has 3 aromatic rings. The smallest absolute Gasteiger partial charge is 0.132 e. The fourth-order valence-corrected chi connectivity index (χ4v) is 4.60. The standard InChI is InChI=1S/C27H32ClN3O2/c1-29(32)21-22-6-5-9-26(20-22)33-19-18-30-14-16-31(17-15-30)27(23-7-3-2-4-8-23)24-10-12-25(28)13-11-24/h2-13,20,27,32H,14-19,21H2,1H3/p+1/t27-/m1/s1. The average molecular weight is 467 g/mol. The second-order valence-electron chi connectivity index (χ2n) is 8.65. The second-order valence-corrected chi connectivity index (χ2v) is 9.09. The maximum atomic E-state index is 9.52. The molecule has 0 spiro atoms. The third-order valence-corrected chi connectivity index (χ3v) is 6.36. The van der Waals surface area contributed by atoms with E-state index in [-0.39, 0.29) is 6.04 Å². The van der Waals surface area contributed by atoms with Crippen molar-refractivity contribution in [1.29, 1.82) is 0 Å². The highest BCUT2D eigenvalue weighted by molar-refractivity contribution is 6.30. The molecule has 3 aromatic carbocycles. The van der Waals surface area contributed by atoms with Crippen molar-refractivity contribution in [1.82, 2.24) is 9.80 Å². The first-order valence-electron chi connectivity index (χ1n) is 11.6. The van der Waals surface area contributed by atoms with Gasteiger partial charge in [-0.1, -0.05) is 66.2 Å². The summed E-state index contributed by atoms with van der Waals surface area (Å²) in [5.74, 6) is 0.860. The Morgan fingerprint density at radius 3 is 2.30 bits per heavy atom. The molecular formula is C27H33ClN3O2+. The number of halogens is 1. The van der Waals surface area contributed by atoms with E-state index in [0.29, 0.717) is 18.2 Å². The first-order chi connectivity index (χ1) is 16.1. The van der Waals surface area contributed by atoms with Crippen LogP contribution in [0.5, 0.6) is 5.75 Å². The van der Waals surface area contributed by atoms with Crippen LogP contribution in [-0.4, -0.2) is 61.4 Å². The Morgan fingerprint density at radius 1 is 0.909 bits per heavy atom. The first kappa shape index (κ1) is 23.7. The summed E-state index contributed by atoms with van der Waals surface area (Å²) >= 11 is 6.15. The molecule has 174 valence electrons. The molecule has 1 saturated heterocycles. The fourth-order valence-electron chi connectivity index (χ4n) is 4.47. The molecule has 0 saturated carbocycles. The summed E-state index contributed by atoms with van der Waals surface area (Å²) in [6.07, 6.45) is 0. The van der Waals surface area contributed by atoms with Crippen LogP contribution in [0.3, 0.4) is 0 Å². The molecule has 0 amide bonds. The predicted octanol–water partition coefficient (Wildman–Crippen LogP) is 3.53. The summed E-state index contributed by atoms with van der Waals surface area (Å²) < 4.78 is 6.00. The van der Waals surface area contributed by atoms with Gasteiger partial charge in [0, 0.05) is 43.3 Å². The summed E-state index contributed by atoms with van der Waals surface area (Å²) in [5.41, 5.74) is 3.65. The highest BCUT2D eigenvalue weighted by Gasteiger charge is 2.26. The molecule has 0 bridgehead atoms. The molecule has 6 heteroatoms. The van der Waals surface area contributed by atoms with Crippen molar-refractivity contribution in [3.05, 3.63) is 101 Å². The number of hydroxylamine groups is 2. The van der Waals surface area contributed by atoms with Gasteiger partial charge < -0.3 is 4.74 Å². The lowest BCUT2D eigenvalue weighted by atomic mass is 9.96. The van der Waals surface area contributed by atoms with Gasteiger partial charge in [-0.3, -0.25) is 9.80 Å². The van der Waals surface area contributed by atoms with E-state index in [1.54, 1.807) is 7.05 Å². The number of benzene rings is 3. The van der Waals surface area contributed by atoms with Crippen LogP contribution in [0.15, 0.2) is 78.9 Å². The molecule has 5 nitrogen and oxygen atoms in total. The van der Waals surface area contributed by atoms with Crippen LogP contribution in [0, 0.1) is 0 Å². The Kier molecular flexibility index (Phi) is 8.37. The Labute approximate surface area is 201 Å². The van der Waals surface area contributed by atoms with Crippen LogP contribution in [-0.2, 0) is 6.54 Å². The van der Waals surface area contributed by atoms with Gasteiger partial charge in [-0.15, -0.1) is 0 Å². The monoisotopic (exact) mass is 466 g/mol. The summed E-state index contributed by atoms with van der Waals surface area (Å²) in [7, 11) is 1.72. The molecule has 2 N–H and O–H groups in total. The molecule has 1 unspecified atom stereocenters. The Balaban J connectivity index is 1.32. The van der Waals surface area contributed by atoms with Gasteiger partial charge in [0.25, 0.3) is 0 Å². The maximum absolute atomic E-state index is 9.52. The van der Waals surface area contributed by atoms with E-state index in [0.717, 1.165) is 49.1 Å². The number of quaternary nitrogens is 1. The summed E-state index contributed by atoms with van der Waals surface area (Å²) in [5, 5.41) is 10.7. The predicted molar refractivity (Wildman–Crippen MR) is 132 cm³/mol. The molecule has 1 aliphatic heterocycles. The molecule has 0 aliphatic carbocycles. The van der Waals surface area contributed by atoms with Crippen LogP contribution in [0.1, 0.15) is 22.7 Å². The number of hydrogen-bond acceptors (Lipinski definition) is 4. The zero-order valence-electron chi connectivity index (χ0n) is 19.2. The molecule has 1 fully saturated rings. The minimum atomic E-state index is 0.233. The van der Waals surface area contributed by atoms with Gasteiger partial charge in [-0.05, 0) is 35.4 Å². The lowest BCUT2D eigenvalue weighted by molar-refractivity contribution is -1.08. The van der Waals surface area contributed by atoms with Crippen molar-refractivity contribution < 1.29 is 15.0 Å². The van der Waals surface area contributed by atoms with Gasteiger partial charge >= 0.3 is 0 Å². The third-order valence-electron chi connectivity index (χ3n) is 6.11. The topological polar surface area (TPSA) is 40.4 Å². The summed E-state index contributed by atoms with van der Waals surface area (Å²) in [6, 6.07) is 27.2. The zero-order valence-corrected chi connectivity index (χ0v) is 19.9. The van der Waals surface area contributed by atoms with Crippen molar-refractivity contribution >= 4 is 11.6 Å². The molecule has 4 rings (SSSR count). The van der Waals surface area contributed by atoms with Crippen molar-refractivity contribution in [2.24, 2.45) is 0 Å². The Bertz CT molecular complexity index is 990. The van der Waals surface area contributed by atoms with E-state index in [2.05, 4.69) is 52.3 Å². The van der Waals surface area contributed by atoms with E-state index in [1.165, 1.54) is 11.1 Å². The number of ether oxygens (including phenoxy) is 1. The molecule has 0 aromatic heterocycles. The number of piperazine rings is 1. The van der Waals surface area contributed by atoms with Gasteiger partial charge in [0.05, 0.1) is 13.1 Å². The van der Waals surface area contributed by atoms with Crippen molar-refractivity contribution in [2.75, 3.05) is 46.4 Å². The highest BCUT2D eigenvalue weighted by atomic mass is 35.5. The minimum absolute atomic E-state index is 0.233. The average Bonchev–Trinajstić information content (AvgIpc) is 2.82. The lowest BCUT2D eigenvalue weighted by Crippen LogP contribution is -3.04. The molecule has 0 radical (unpaired) electrons. The summed E-state index contributed by atoms with van der Waals surface area (Å²) in [4.78, 5) is 5.03. The van der Waals surface area contributed by atoms with E-state index < -0.39 is 0 Å². The van der Waals surface area contributed by atoms with E-state index in [4.69, 9.17) is 16.3 Å². The number of rotatable bonds is 9. The quantitative estimate of drug-likeness (QED) is 0.473. The maximum Gasteiger partial charge on any atom is 0.132 e. The van der Waals surface area contributed by atoms with Crippen LogP contribution < -0.4 is 9.80 Å². The number of hydrogen-bond donors (Lipinski definition) is 2. The van der Waals surface area contributed by atoms with Crippen LogP contribution in [0.2, 0.25) is 5.02 Å². The van der Waals surface area contributed by atoms with Gasteiger partial charge in [-0.25, -0.2) is 5.21 Å². The van der Waals surface area contributed by atoms with E-state index in [9.17, 15) is 5.21 Å². The van der Waals surface area contributed by atoms with Crippen LogP contribution in [0.4, 0.5) is 0 Å². The first-order valence-corrected chi connectivity index (χ1v) is 12.0. The Morgan fingerprint density at radius 2 is 1.61 bits per heavy atom. The molecule has 33 heavy (non-hydrogen) atoms. The Hall–Kier alpha value is -2.41. The third kappa shape index (κ3) is 6.79. The highest BCUT2D eigenvalue weighted by Crippen LogP contribution is 2.30. The van der Waals surface area contributed by atoms with Crippen LogP contribution >= 0.6 is 11.6 Å². The van der Waals surface area contributed by atoms with Crippen LogP contribution in [0.25, 0.3) is 0 Å². The largest absolute Gasteiger partial charge is 0.492 e. The molecule has 2 atom stereocenters. The lowest BCUT2D eigenvalue weighted by Gasteiger charge is -2.39. The zero-order chi connectivity index (χ0) is 23.0. The second kappa shape index (κ2) is 11.6.